The van der Waals surface area contributed by atoms with Gasteiger partial charge in [0.05, 0.1) is 6.04 Å². The molecule has 2 aromatic rings. The zero-order chi connectivity index (χ0) is 18.4. The zero-order valence-corrected chi connectivity index (χ0v) is 15.7. The van der Waals surface area contributed by atoms with E-state index in [0.717, 1.165) is 24.3 Å². The number of hydrogen-bond donors (Lipinski definition) is 2. The highest BCUT2D eigenvalue weighted by molar-refractivity contribution is 5.90. The van der Waals surface area contributed by atoms with E-state index in [9.17, 15) is 4.79 Å². The van der Waals surface area contributed by atoms with E-state index in [1.807, 2.05) is 30.3 Å². The molecule has 1 unspecified atom stereocenters. The van der Waals surface area contributed by atoms with Crippen LogP contribution in [0.5, 0.6) is 0 Å². The van der Waals surface area contributed by atoms with Crippen LogP contribution in [-0.2, 0) is 0 Å². The fourth-order valence-corrected chi connectivity index (χ4v) is 3.54. The van der Waals surface area contributed by atoms with Crippen LogP contribution in [0.25, 0.3) is 0 Å². The Labute approximate surface area is 156 Å². The second-order valence-electron chi connectivity index (χ2n) is 7.33. The molecule has 2 aromatic carbocycles. The molecular formula is C22H29N3O. The summed E-state index contributed by atoms with van der Waals surface area (Å²) in [5.74, 6) is 0.308. The van der Waals surface area contributed by atoms with Crippen molar-refractivity contribution in [3.05, 3.63) is 60.2 Å². The Morgan fingerprint density at radius 2 is 1.69 bits per heavy atom. The second-order valence-corrected chi connectivity index (χ2v) is 7.33. The fraction of sp³-hybridized carbons (Fsp3) is 0.409. The number of nitrogens with one attached hydrogen (secondary N) is 2. The second kappa shape index (κ2) is 8.75. The zero-order valence-electron chi connectivity index (χ0n) is 15.7. The Morgan fingerprint density at radius 1 is 0.962 bits per heavy atom. The largest absolute Gasteiger partial charge is 0.371 e. The topological polar surface area (TPSA) is 44.4 Å². The molecule has 3 rings (SSSR count). The smallest absolute Gasteiger partial charge is 0.319 e. The molecule has 0 aromatic heterocycles. The minimum atomic E-state index is -0.164. The van der Waals surface area contributed by atoms with Crippen molar-refractivity contribution < 1.29 is 4.79 Å². The number of hydrogen-bond acceptors (Lipinski definition) is 2. The van der Waals surface area contributed by atoms with Crippen molar-refractivity contribution >= 4 is 17.4 Å². The molecule has 2 N–H and O–H groups in total. The first-order valence-electron chi connectivity index (χ1n) is 9.61. The highest BCUT2D eigenvalue weighted by atomic mass is 16.2. The van der Waals surface area contributed by atoms with E-state index in [4.69, 9.17) is 0 Å². The van der Waals surface area contributed by atoms with Crippen molar-refractivity contribution in [1.29, 1.82) is 0 Å². The van der Waals surface area contributed by atoms with Crippen molar-refractivity contribution in [2.24, 2.45) is 5.92 Å². The first-order chi connectivity index (χ1) is 12.6. The summed E-state index contributed by atoms with van der Waals surface area (Å²) in [6, 6.07) is 18.1. The lowest BCUT2D eigenvalue weighted by Gasteiger charge is -2.29. The van der Waals surface area contributed by atoms with Gasteiger partial charge in [-0.1, -0.05) is 50.2 Å². The number of carbonyl (C=O) groups excluding carboxylic acids is 1. The van der Waals surface area contributed by atoms with Gasteiger partial charge in [0.1, 0.15) is 0 Å². The number of anilines is 2. The molecule has 2 amide bonds. The van der Waals surface area contributed by atoms with Crippen LogP contribution in [0, 0.1) is 5.92 Å². The lowest BCUT2D eigenvalue weighted by atomic mass is 9.96. The highest BCUT2D eigenvalue weighted by Crippen LogP contribution is 2.24. The average Bonchev–Trinajstić information content (AvgIpc) is 2.67. The summed E-state index contributed by atoms with van der Waals surface area (Å²) in [6.45, 7) is 6.43. The van der Waals surface area contributed by atoms with E-state index >= 15 is 0 Å². The van der Waals surface area contributed by atoms with Crippen LogP contribution in [-0.4, -0.2) is 19.1 Å². The molecule has 4 nitrogen and oxygen atoms in total. The minimum Gasteiger partial charge on any atom is -0.371 e. The van der Waals surface area contributed by atoms with E-state index in [-0.39, 0.29) is 12.1 Å². The van der Waals surface area contributed by atoms with Gasteiger partial charge in [-0.3, -0.25) is 0 Å². The molecule has 138 valence electrons. The third kappa shape index (κ3) is 4.78. The van der Waals surface area contributed by atoms with Crippen molar-refractivity contribution in [1.82, 2.24) is 5.32 Å². The lowest BCUT2D eigenvalue weighted by molar-refractivity contribution is 0.244. The van der Waals surface area contributed by atoms with Crippen LogP contribution in [0.2, 0.25) is 0 Å². The molecule has 0 saturated carbocycles. The summed E-state index contributed by atoms with van der Waals surface area (Å²) >= 11 is 0. The monoisotopic (exact) mass is 351 g/mol. The maximum atomic E-state index is 12.6. The molecule has 1 saturated heterocycles. The molecule has 1 fully saturated rings. The van der Waals surface area contributed by atoms with Gasteiger partial charge in [0.15, 0.2) is 0 Å². The number of urea groups is 1. The van der Waals surface area contributed by atoms with Gasteiger partial charge in [-0.2, -0.15) is 0 Å². The summed E-state index contributed by atoms with van der Waals surface area (Å²) < 4.78 is 0. The predicted octanol–water partition coefficient (Wildman–Crippen LogP) is 5.20. The van der Waals surface area contributed by atoms with Crippen LogP contribution in [0.15, 0.2) is 54.6 Å². The molecule has 0 bridgehead atoms. The van der Waals surface area contributed by atoms with Crippen LogP contribution in [0.3, 0.4) is 0 Å². The van der Waals surface area contributed by atoms with Crippen molar-refractivity contribution in [2.75, 3.05) is 23.3 Å². The molecule has 1 atom stereocenters. The van der Waals surface area contributed by atoms with Crippen LogP contribution >= 0.6 is 0 Å². The maximum absolute atomic E-state index is 12.6. The van der Waals surface area contributed by atoms with E-state index in [1.165, 1.54) is 24.9 Å². The Bertz CT molecular complexity index is 708. The maximum Gasteiger partial charge on any atom is 0.319 e. The summed E-state index contributed by atoms with van der Waals surface area (Å²) in [7, 11) is 0. The third-order valence-corrected chi connectivity index (χ3v) is 4.94. The van der Waals surface area contributed by atoms with Gasteiger partial charge in [0, 0.05) is 24.5 Å². The van der Waals surface area contributed by atoms with Gasteiger partial charge in [-0.15, -0.1) is 0 Å². The van der Waals surface area contributed by atoms with Gasteiger partial charge in [-0.05, 0) is 48.9 Å². The Balaban J connectivity index is 1.65. The number of nitrogens with zero attached hydrogens (tertiary/aromatic N) is 1. The van der Waals surface area contributed by atoms with Crippen LogP contribution in [0.1, 0.15) is 44.7 Å². The standard InChI is InChI=1S/C22H29N3O/c1-17(2)21(18-10-5-3-6-11-18)24-22(26)23-19-12-9-13-20(16-19)25-14-7-4-8-15-25/h3,5-6,9-13,16-17,21H,4,7-8,14-15H2,1-2H3,(H2,23,24,26). The fourth-order valence-electron chi connectivity index (χ4n) is 3.54. The van der Waals surface area contributed by atoms with Gasteiger partial charge < -0.3 is 15.5 Å². The van der Waals surface area contributed by atoms with Gasteiger partial charge in [0.2, 0.25) is 0 Å². The highest BCUT2D eigenvalue weighted by Gasteiger charge is 2.18. The quantitative estimate of drug-likeness (QED) is 0.778. The number of amides is 2. The number of carbonyl (C=O) groups is 1. The average molecular weight is 351 g/mol. The molecule has 0 spiro atoms. The first kappa shape index (κ1) is 18.3. The van der Waals surface area contributed by atoms with E-state index in [0.29, 0.717) is 5.92 Å². The first-order valence-corrected chi connectivity index (χ1v) is 9.61. The molecule has 1 aliphatic heterocycles. The molecular weight excluding hydrogens is 322 g/mol. The normalized spacial score (nSPS) is 15.6. The molecule has 0 aliphatic carbocycles. The molecule has 1 aliphatic rings. The van der Waals surface area contributed by atoms with E-state index in [2.05, 4.69) is 53.6 Å². The lowest BCUT2D eigenvalue weighted by Crippen LogP contribution is -2.35. The van der Waals surface area contributed by atoms with Gasteiger partial charge in [-0.25, -0.2) is 4.79 Å². The Morgan fingerprint density at radius 3 is 2.38 bits per heavy atom. The molecule has 0 radical (unpaired) electrons. The minimum absolute atomic E-state index is 0.0125. The van der Waals surface area contributed by atoms with Crippen LogP contribution < -0.4 is 15.5 Å². The van der Waals surface area contributed by atoms with Crippen molar-refractivity contribution in [3.63, 3.8) is 0 Å². The Kier molecular flexibility index (Phi) is 6.16. The van der Waals surface area contributed by atoms with Gasteiger partial charge in [0.25, 0.3) is 0 Å². The SMILES string of the molecule is CC(C)C(NC(=O)Nc1cccc(N2CCCCC2)c1)c1ccccc1. The van der Waals surface area contributed by atoms with Crippen LogP contribution in [0.4, 0.5) is 16.2 Å². The summed E-state index contributed by atoms with van der Waals surface area (Å²) in [4.78, 5) is 14.9. The van der Waals surface area contributed by atoms with Crippen molar-refractivity contribution in [2.45, 2.75) is 39.2 Å². The molecule has 26 heavy (non-hydrogen) atoms. The predicted molar refractivity (Wildman–Crippen MR) is 109 cm³/mol. The van der Waals surface area contributed by atoms with Crippen molar-refractivity contribution in [3.8, 4) is 0 Å². The van der Waals surface area contributed by atoms with Gasteiger partial charge >= 0.3 is 6.03 Å². The summed E-state index contributed by atoms with van der Waals surface area (Å²) in [5, 5.41) is 6.12. The summed E-state index contributed by atoms with van der Waals surface area (Å²) in [5.41, 5.74) is 3.15. The van der Waals surface area contributed by atoms with E-state index in [1.54, 1.807) is 0 Å². The molecule has 4 heteroatoms. The third-order valence-electron chi connectivity index (χ3n) is 4.94. The number of benzene rings is 2. The summed E-state index contributed by atoms with van der Waals surface area (Å²) in [6.07, 6.45) is 3.80. The molecule has 1 heterocycles. The number of rotatable bonds is 5. The van der Waals surface area contributed by atoms with E-state index < -0.39 is 0 Å². The Hall–Kier alpha value is -2.49. The number of piperidine rings is 1.